The van der Waals surface area contributed by atoms with E-state index in [1.54, 1.807) is 7.11 Å². The number of benzene rings is 1. The van der Waals surface area contributed by atoms with Crippen molar-refractivity contribution in [1.82, 2.24) is 5.32 Å². The first-order chi connectivity index (χ1) is 5.36. The van der Waals surface area contributed by atoms with Gasteiger partial charge in [0.25, 0.3) is 0 Å². The molecule has 3 heteroatoms. The van der Waals surface area contributed by atoms with Crippen molar-refractivity contribution in [2.24, 2.45) is 0 Å². The number of halogens is 1. The molecule has 0 saturated heterocycles. The number of ether oxygens (including phenoxy) is 1. The summed E-state index contributed by atoms with van der Waals surface area (Å²) < 4.78 is 5.07. The van der Waals surface area contributed by atoms with Gasteiger partial charge in [0.05, 0.1) is 7.11 Å². The Labute approximate surface area is 79.3 Å². The van der Waals surface area contributed by atoms with Gasteiger partial charge in [0.2, 0.25) is 0 Å². The molecule has 0 bridgehead atoms. The van der Waals surface area contributed by atoms with Crippen LogP contribution >= 0.6 is 12.4 Å². The Morgan fingerprint density at radius 1 is 1.42 bits per heavy atom. The minimum Gasteiger partial charge on any atom is -0.497 e. The third kappa shape index (κ3) is 3.11. The average molecular weight is 188 g/mol. The van der Waals surface area contributed by atoms with Crippen LogP contribution in [0, 0.1) is 0 Å². The summed E-state index contributed by atoms with van der Waals surface area (Å²) in [7, 11) is 3.61. The molecule has 0 fully saturated rings. The molecule has 0 aliphatic heterocycles. The molecule has 0 aliphatic carbocycles. The molecule has 0 spiro atoms. The Morgan fingerprint density at radius 2 is 2.17 bits per heavy atom. The molecule has 0 aromatic heterocycles. The lowest BCUT2D eigenvalue weighted by Crippen LogP contribution is -2.04. The first kappa shape index (κ1) is 11.3. The fourth-order valence-corrected chi connectivity index (χ4v) is 0.987. The molecule has 1 aromatic rings. The molecular formula is C9H14ClNO. The van der Waals surface area contributed by atoms with E-state index in [1.165, 1.54) is 5.56 Å². The van der Waals surface area contributed by atoms with Crippen LogP contribution in [0.15, 0.2) is 24.3 Å². The normalized spacial score (nSPS) is 8.83. The SMILES string of the molecule is CNCc1cccc(OC)c1.Cl. The Morgan fingerprint density at radius 3 is 2.75 bits per heavy atom. The predicted molar refractivity (Wildman–Crippen MR) is 53.0 cm³/mol. The van der Waals surface area contributed by atoms with Crippen LogP contribution in [0.1, 0.15) is 5.56 Å². The number of methoxy groups -OCH3 is 1. The van der Waals surface area contributed by atoms with Crippen LogP contribution in [0.2, 0.25) is 0 Å². The summed E-state index contributed by atoms with van der Waals surface area (Å²) in [6, 6.07) is 8.03. The molecule has 12 heavy (non-hydrogen) atoms. The number of hydrogen-bond donors (Lipinski definition) is 1. The molecule has 2 nitrogen and oxygen atoms in total. The van der Waals surface area contributed by atoms with Crippen molar-refractivity contribution in [3.63, 3.8) is 0 Å². The van der Waals surface area contributed by atoms with Gasteiger partial charge in [0.15, 0.2) is 0 Å². The molecule has 0 saturated carbocycles. The van der Waals surface area contributed by atoms with E-state index in [-0.39, 0.29) is 12.4 Å². The second-order valence-electron chi connectivity index (χ2n) is 2.38. The van der Waals surface area contributed by atoms with E-state index in [4.69, 9.17) is 4.74 Å². The van der Waals surface area contributed by atoms with Crippen molar-refractivity contribution in [1.29, 1.82) is 0 Å². The predicted octanol–water partition coefficient (Wildman–Crippen LogP) is 1.84. The summed E-state index contributed by atoms with van der Waals surface area (Å²) in [5, 5.41) is 3.08. The van der Waals surface area contributed by atoms with E-state index >= 15 is 0 Å². The highest BCUT2D eigenvalue weighted by Crippen LogP contribution is 2.11. The van der Waals surface area contributed by atoms with E-state index in [0.717, 1.165) is 12.3 Å². The van der Waals surface area contributed by atoms with Crippen molar-refractivity contribution in [2.75, 3.05) is 14.2 Å². The van der Waals surface area contributed by atoms with Crippen molar-refractivity contribution in [2.45, 2.75) is 6.54 Å². The van der Waals surface area contributed by atoms with Crippen molar-refractivity contribution < 1.29 is 4.74 Å². The summed E-state index contributed by atoms with van der Waals surface area (Å²) >= 11 is 0. The maximum atomic E-state index is 5.07. The fraction of sp³-hybridized carbons (Fsp3) is 0.333. The van der Waals surface area contributed by atoms with Crippen LogP contribution in [0.25, 0.3) is 0 Å². The number of rotatable bonds is 3. The highest BCUT2D eigenvalue weighted by molar-refractivity contribution is 5.85. The highest BCUT2D eigenvalue weighted by Gasteiger charge is 1.92. The molecule has 0 heterocycles. The minimum absolute atomic E-state index is 0. The first-order valence-corrected chi connectivity index (χ1v) is 3.64. The molecule has 1 N–H and O–H groups in total. The smallest absolute Gasteiger partial charge is 0.119 e. The van der Waals surface area contributed by atoms with Crippen molar-refractivity contribution >= 4 is 12.4 Å². The zero-order valence-corrected chi connectivity index (χ0v) is 8.15. The summed E-state index contributed by atoms with van der Waals surface area (Å²) in [6.07, 6.45) is 0. The second-order valence-corrected chi connectivity index (χ2v) is 2.38. The quantitative estimate of drug-likeness (QED) is 0.780. The van der Waals surface area contributed by atoms with Crippen LogP contribution in [0.5, 0.6) is 5.75 Å². The van der Waals surface area contributed by atoms with Gasteiger partial charge in [0, 0.05) is 6.54 Å². The first-order valence-electron chi connectivity index (χ1n) is 3.64. The van der Waals surface area contributed by atoms with E-state index in [2.05, 4.69) is 11.4 Å². The fourth-order valence-electron chi connectivity index (χ4n) is 0.987. The summed E-state index contributed by atoms with van der Waals surface area (Å²) in [6.45, 7) is 0.886. The molecule has 1 rings (SSSR count). The van der Waals surface area contributed by atoms with Crippen LogP contribution in [-0.2, 0) is 6.54 Å². The topological polar surface area (TPSA) is 21.3 Å². The van der Waals surface area contributed by atoms with E-state index < -0.39 is 0 Å². The largest absolute Gasteiger partial charge is 0.497 e. The average Bonchev–Trinajstić information content (AvgIpc) is 2.06. The molecule has 0 unspecified atom stereocenters. The van der Waals surface area contributed by atoms with Gasteiger partial charge in [0.1, 0.15) is 5.75 Å². The van der Waals surface area contributed by atoms with Crippen LogP contribution in [-0.4, -0.2) is 14.2 Å². The van der Waals surface area contributed by atoms with Crippen molar-refractivity contribution in [3.8, 4) is 5.75 Å². The van der Waals surface area contributed by atoms with Gasteiger partial charge in [-0.1, -0.05) is 12.1 Å². The lowest BCUT2D eigenvalue weighted by atomic mass is 10.2. The zero-order valence-electron chi connectivity index (χ0n) is 7.33. The third-order valence-corrected chi connectivity index (χ3v) is 1.52. The molecule has 1 aromatic carbocycles. The zero-order chi connectivity index (χ0) is 8.10. The van der Waals surface area contributed by atoms with Gasteiger partial charge in [-0.2, -0.15) is 0 Å². The summed E-state index contributed by atoms with van der Waals surface area (Å²) in [5.74, 6) is 0.915. The maximum absolute atomic E-state index is 5.07. The molecule has 0 radical (unpaired) electrons. The Hall–Kier alpha value is -0.730. The highest BCUT2D eigenvalue weighted by atomic mass is 35.5. The molecule has 0 atom stereocenters. The maximum Gasteiger partial charge on any atom is 0.119 e. The second kappa shape index (κ2) is 5.86. The number of hydrogen-bond acceptors (Lipinski definition) is 2. The van der Waals surface area contributed by atoms with E-state index in [1.807, 2.05) is 25.2 Å². The third-order valence-electron chi connectivity index (χ3n) is 1.52. The van der Waals surface area contributed by atoms with Crippen LogP contribution in [0.4, 0.5) is 0 Å². The van der Waals surface area contributed by atoms with Gasteiger partial charge in [-0.3, -0.25) is 0 Å². The molecule has 0 amide bonds. The summed E-state index contributed by atoms with van der Waals surface area (Å²) in [5.41, 5.74) is 1.24. The molecule has 68 valence electrons. The van der Waals surface area contributed by atoms with Gasteiger partial charge in [-0.25, -0.2) is 0 Å². The lowest BCUT2D eigenvalue weighted by molar-refractivity contribution is 0.414. The Bertz CT molecular complexity index is 228. The van der Waals surface area contributed by atoms with Crippen LogP contribution < -0.4 is 10.1 Å². The Kier molecular flexibility index (Phi) is 5.51. The standard InChI is InChI=1S/C9H13NO.ClH/c1-10-7-8-4-3-5-9(6-8)11-2;/h3-6,10H,7H2,1-2H3;1H. The van der Waals surface area contributed by atoms with Gasteiger partial charge >= 0.3 is 0 Å². The van der Waals surface area contributed by atoms with Gasteiger partial charge in [-0.05, 0) is 24.7 Å². The Balaban J connectivity index is 0.00000121. The lowest BCUT2D eigenvalue weighted by Gasteiger charge is -2.02. The van der Waals surface area contributed by atoms with Gasteiger partial charge < -0.3 is 10.1 Å². The minimum atomic E-state index is 0. The monoisotopic (exact) mass is 187 g/mol. The van der Waals surface area contributed by atoms with Gasteiger partial charge in [-0.15, -0.1) is 12.4 Å². The number of nitrogens with one attached hydrogen (secondary N) is 1. The van der Waals surface area contributed by atoms with Crippen molar-refractivity contribution in [3.05, 3.63) is 29.8 Å². The van der Waals surface area contributed by atoms with E-state index in [0.29, 0.717) is 0 Å². The summed E-state index contributed by atoms with van der Waals surface area (Å²) in [4.78, 5) is 0. The molecule has 0 aliphatic rings. The van der Waals surface area contributed by atoms with E-state index in [9.17, 15) is 0 Å². The molecular weight excluding hydrogens is 174 g/mol. The van der Waals surface area contributed by atoms with Crippen LogP contribution in [0.3, 0.4) is 0 Å².